The topological polar surface area (TPSA) is 49.3 Å². The van der Waals surface area contributed by atoms with Crippen molar-refractivity contribution in [3.8, 4) is 0 Å². The number of aromatic nitrogens is 2. The second-order valence-corrected chi connectivity index (χ2v) is 7.49. The maximum Gasteiger partial charge on any atom is 0.253 e. The summed E-state index contributed by atoms with van der Waals surface area (Å²) in [6.45, 7) is 3.78. The van der Waals surface area contributed by atoms with Gasteiger partial charge in [0.2, 0.25) is 0 Å². The number of fused-ring (bicyclic) bond motifs is 1. The molecule has 1 aromatic carbocycles. The lowest BCUT2D eigenvalue weighted by Crippen LogP contribution is -2.46. The monoisotopic (exact) mass is 350 g/mol. The lowest BCUT2D eigenvalue weighted by molar-refractivity contribution is 0.0709. The number of rotatable bonds is 3. The van der Waals surface area contributed by atoms with E-state index >= 15 is 0 Å². The van der Waals surface area contributed by atoms with Gasteiger partial charge in [-0.25, -0.2) is 4.98 Å². The van der Waals surface area contributed by atoms with Gasteiger partial charge in [-0.15, -0.1) is 0 Å². The second kappa shape index (κ2) is 7.06. The molecule has 1 amide bonds. The quantitative estimate of drug-likeness (QED) is 0.854. The Hall–Kier alpha value is -2.43. The van der Waals surface area contributed by atoms with Crippen molar-refractivity contribution in [2.24, 2.45) is 0 Å². The van der Waals surface area contributed by atoms with Gasteiger partial charge >= 0.3 is 0 Å². The third-order valence-electron chi connectivity index (χ3n) is 5.74. The first-order valence-electron chi connectivity index (χ1n) is 9.54. The van der Waals surface area contributed by atoms with Crippen molar-refractivity contribution in [3.63, 3.8) is 0 Å². The van der Waals surface area contributed by atoms with E-state index in [1.54, 1.807) is 6.20 Å². The Morgan fingerprint density at radius 2 is 1.92 bits per heavy atom. The van der Waals surface area contributed by atoms with Crippen LogP contribution in [0.1, 0.15) is 46.4 Å². The van der Waals surface area contributed by atoms with Crippen molar-refractivity contribution in [2.45, 2.75) is 45.1 Å². The highest BCUT2D eigenvalue weighted by Gasteiger charge is 2.27. The SMILES string of the molecule is Cc1cncc(N2CCC(N(C)C(=O)c3ccc4c(c3)CCC4)CC2)n1. The first-order valence-corrected chi connectivity index (χ1v) is 9.54. The Balaban J connectivity index is 1.40. The largest absolute Gasteiger partial charge is 0.355 e. The Kier molecular flexibility index (Phi) is 4.62. The fourth-order valence-corrected chi connectivity index (χ4v) is 4.16. The zero-order chi connectivity index (χ0) is 18.1. The van der Waals surface area contributed by atoms with Crippen molar-refractivity contribution >= 4 is 11.7 Å². The fourth-order valence-electron chi connectivity index (χ4n) is 4.16. The molecule has 5 heteroatoms. The summed E-state index contributed by atoms with van der Waals surface area (Å²) in [5.74, 6) is 1.09. The van der Waals surface area contributed by atoms with Crippen LogP contribution in [0.15, 0.2) is 30.6 Å². The third-order valence-corrected chi connectivity index (χ3v) is 5.74. The molecule has 1 aliphatic heterocycles. The molecule has 1 aromatic heterocycles. The zero-order valence-electron chi connectivity index (χ0n) is 15.6. The van der Waals surface area contributed by atoms with Gasteiger partial charge in [-0.2, -0.15) is 0 Å². The van der Waals surface area contributed by atoms with Gasteiger partial charge < -0.3 is 9.80 Å². The molecule has 1 saturated heterocycles. The molecule has 1 fully saturated rings. The molecule has 0 radical (unpaired) electrons. The minimum atomic E-state index is 0.147. The van der Waals surface area contributed by atoms with Crippen LogP contribution in [0, 0.1) is 6.92 Å². The number of carbonyl (C=O) groups excluding carboxylic acids is 1. The molecule has 136 valence electrons. The average molecular weight is 350 g/mol. The predicted molar refractivity (Wildman–Crippen MR) is 103 cm³/mol. The number of hydrogen-bond donors (Lipinski definition) is 0. The minimum Gasteiger partial charge on any atom is -0.355 e. The third kappa shape index (κ3) is 3.30. The molecule has 0 unspecified atom stereocenters. The molecule has 2 heterocycles. The number of aryl methyl sites for hydroxylation is 3. The van der Waals surface area contributed by atoms with Crippen molar-refractivity contribution < 1.29 is 4.79 Å². The molecule has 26 heavy (non-hydrogen) atoms. The minimum absolute atomic E-state index is 0.147. The summed E-state index contributed by atoms with van der Waals surface area (Å²) in [6.07, 6.45) is 9.00. The summed E-state index contributed by atoms with van der Waals surface area (Å²) in [7, 11) is 1.95. The van der Waals surface area contributed by atoms with Crippen molar-refractivity contribution in [2.75, 3.05) is 25.0 Å². The van der Waals surface area contributed by atoms with Crippen LogP contribution in [0.25, 0.3) is 0 Å². The summed E-state index contributed by atoms with van der Waals surface area (Å²) in [5, 5.41) is 0. The number of anilines is 1. The number of benzene rings is 1. The van der Waals surface area contributed by atoms with Gasteiger partial charge in [-0.1, -0.05) is 6.07 Å². The summed E-state index contributed by atoms with van der Waals surface area (Å²) in [4.78, 5) is 25.9. The Morgan fingerprint density at radius 3 is 2.69 bits per heavy atom. The van der Waals surface area contributed by atoms with Crippen LogP contribution in [-0.2, 0) is 12.8 Å². The molecule has 0 spiro atoms. The molecule has 2 aliphatic rings. The van der Waals surface area contributed by atoms with Crippen LogP contribution in [0.5, 0.6) is 0 Å². The molecule has 2 aromatic rings. The summed E-state index contributed by atoms with van der Waals surface area (Å²) in [6, 6.07) is 6.53. The van der Waals surface area contributed by atoms with Gasteiger partial charge in [0.05, 0.1) is 11.9 Å². The zero-order valence-corrected chi connectivity index (χ0v) is 15.6. The van der Waals surface area contributed by atoms with Gasteiger partial charge in [0.25, 0.3) is 5.91 Å². The van der Waals surface area contributed by atoms with Crippen LogP contribution >= 0.6 is 0 Å². The standard InChI is InChI=1S/C21H26N4O/c1-15-13-22-14-20(23-15)25-10-8-19(9-11-25)24(2)21(26)18-7-6-16-4-3-5-17(16)12-18/h6-7,12-14,19H,3-5,8-11H2,1-2H3. The van der Waals surface area contributed by atoms with Crippen LogP contribution in [0.4, 0.5) is 5.82 Å². The van der Waals surface area contributed by atoms with Crippen LogP contribution in [-0.4, -0.2) is 47.0 Å². The average Bonchev–Trinajstić information content (AvgIpc) is 3.15. The molecule has 0 saturated carbocycles. The molecule has 5 nitrogen and oxygen atoms in total. The van der Waals surface area contributed by atoms with Gasteiger partial charge in [0, 0.05) is 37.9 Å². The van der Waals surface area contributed by atoms with Crippen molar-refractivity contribution in [3.05, 3.63) is 53.0 Å². The van der Waals surface area contributed by atoms with Gasteiger partial charge in [0.1, 0.15) is 5.82 Å². The Labute approximate surface area is 155 Å². The maximum atomic E-state index is 12.9. The van der Waals surface area contributed by atoms with E-state index in [1.807, 2.05) is 31.1 Å². The number of piperidine rings is 1. The highest BCUT2D eigenvalue weighted by Crippen LogP contribution is 2.25. The molecule has 0 bridgehead atoms. The van der Waals surface area contributed by atoms with E-state index in [-0.39, 0.29) is 11.9 Å². The van der Waals surface area contributed by atoms with Crippen molar-refractivity contribution in [1.82, 2.24) is 14.9 Å². The van der Waals surface area contributed by atoms with Crippen LogP contribution < -0.4 is 4.90 Å². The van der Waals surface area contributed by atoms with Gasteiger partial charge in [-0.3, -0.25) is 9.78 Å². The Morgan fingerprint density at radius 1 is 1.15 bits per heavy atom. The highest BCUT2D eigenvalue weighted by molar-refractivity contribution is 5.94. The van der Waals surface area contributed by atoms with Gasteiger partial charge in [-0.05, 0) is 62.3 Å². The Bertz CT molecular complexity index is 811. The fraction of sp³-hybridized carbons (Fsp3) is 0.476. The summed E-state index contributed by atoms with van der Waals surface area (Å²) in [5.41, 5.74) is 4.54. The van der Waals surface area contributed by atoms with E-state index in [2.05, 4.69) is 27.0 Å². The van der Waals surface area contributed by atoms with Crippen LogP contribution in [0.3, 0.4) is 0 Å². The number of nitrogens with zero attached hydrogens (tertiary/aromatic N) is 4. The normalized spacial score (nSPS) is 17.2. The maximum absolute atomic E-state index is 12.9. The number of amides is 1. The molecule has 0 N–H and O–H groups in total. The van der Waals surface area contributed by atoms with E-state index in [4.69, 9.17) is 0 Å². The number of hydrogen-bond acceptors (Lipinski definition) is 4. The molecule has 4 rings (SSSR count). The summed E-state index contributed by atoms with van der Waals surface area (Å²) >= 11 is 0. The van der Waals surface area contributed by atoms with E-state index in [1.165, 1.54) is 17.5 Å². The summed E-state index contributed by atoms with van der Waals surface area (Å²) < 4.78 is 0. The lowest BCUT2D eigenvalue weighted by atomic mass is 10.0. The van der Waals surface area contributed by atoms with E-state index in [9.17, 15) is 4.79 Å². The molecular weight excluding hydrogens is 324 g/mol. The number of carbonyl (C=O) groups is 1. The molecule has 1 aliphatic carbocycles. The molecular formula is C21H26N4O. The van der Waals surface area contributed by atoms with Crippen LogP contribution in [0.2, 0.25) is 0 Å². The smallest absolute Gasteiger partial charge is 0.253 e. The lowest BCUT2D eigenvalue weighted by Gasteiger charge is -2.37. The van der Waals surface area contributed by atoms with E-state index in [0.717, 1.165) is 55.8 Å². The van der Waals surface area contributed by atoms with E-state index < -0.39 is 0 Å². The van der Waals surface area contributed by atoms with Gasteiger partial charge in [0.15, 0.2) is 0 Å². The molecule has 0 atom stereocenters. The second-order valence-electron chi connectivity index (χ2n) is 7.49. The van der Waals surface area contributed by atoms with Crippen molar-refractivity contribution in [1.29, 1.82) is 0 Å². The highest BCUT2D eigenvalue weighted by atomic mass is 16.2. The van der Waals surface area contributed by atoms with E-state index in [0.29, 0.717) is 0 Å². The first-order chi connectivity index (χ1) is 12.6. The predicted octanol–water partition coefficient (Wildman–Crippen LogP) is 3.01. The first kappa shape index (κ1) is 17.0.